The molecule has 1 atom stereocenters. The molecule has 132 valence electrons. The van der Waals surface area contributed by atoms with Gasteiger partial charge >= 0.3 is 0 Å². The summed E-state index contributed by atoms with van der Waals surface area (Å²) in [6.07, 6.45) is 2.53. The van der Waals surface area contributed by atoms with E-state index in [0.717, 1.165) is 5.92 Å². The molecule has 1 fully saturated rings. The van der Waals surface area contributed by atoms with Gasteiger partial charge in [-0.3, -0.25) is 14.5 Å². The SMILES string of the molecule is CCN(CC)C(=O)c1cccc(NC(=O)CN(C)C(C)C2CC2)c1. The van der Waals surface area contributed by atoms with E-state index in [-0.39, 0.29) is 11.8 Å². The standard InChI is InChI=1S/C19H29N3O2/c1-5-22(6-2)19(24)16-8-7-9-17(12-16)20-18(23)13-21(4)14(3)15-10-11-15/h7-9,12,14-15H,5-6,10-11,13H2,1-4H3,(H,20,23). The second-order valence-corrected chi connectivity index (χ2v) is 6.60. The molecular weight excluding hydrogens is 302 g/mol. The normalized spacial score (nSPS) is 15.2. The molecule has 1 aliphatic rings. The van der Waals surface area contributed by atoms with E-state index in [2.05, 4.69) is 17.1 Å². The summed E-state index contributed by atoms with van der Waals surface area (Å²) in [4.78, 5) is 28.5. The van der Waals surface area contributed by atoms with E-state index in [1.165, 1.54) is 12.8 Å². The van der Waals surface area contributed by atoms with Crippen molar-refractivity contribution in [2.75, 3.05) is 32.0 Å². The largest absolute Gasteiger partial charge is 0.339 e. The minimum atomic E-state index is -0.0440. The smallest absolute Gasteiger partial charge is 0.253 e. The Bertz CT molecular complexity index is 580. The second-order valence-electron chi connectivity index (χ2n) is 6.60. The van der Waals surface area contributed by atoms with E-state index in [9.17, 15) is 9.59 Å². The van der Waals surface area contributed by atoms with Crippen LogP contribution in [0.4, 0.5) is 5.69 Å². The van der Waals surface area contributed by atoms with Gasteiger partial charge in [-0.1, -0.05) is 6.07 Å². The number of anilines is 1. The summed E-state index contributed by atoms with van der Waals surface area (Å²) in [5.74, 6) is 0.686. The van der Waals surface area contributed by atoms with Gasteiger partial charge < -0.3 is 10.2 Å². The maximum absolute atomic E-state index is 12.4. The van der Waals surface area contributed by atoms with Crippen LogP contribution in [0.25, 0.3) is 0 Å². The summed E-state index contributed by atoms with van der Waals surface area (Å²) in [6.45, 7) is 7.82. The van der Waals surface area contributed by atoms with Crippen LogP contribution in [0, 0.1) is 5.92 Å². The topological polar surface area (TPSA) is 52.7 Å². The molecule has 24 heavy (non-hydrogen) atoms. The molecular formula is C19H29N3O2. The quantitative estimate of drug-likeness (QED) is 0.797. The first-order valence-corrected chi connectivity index (χ1v) is 8.85. The van der Waals surface area contributed by atoms with E-state index in [4.69, 9.17) is 0 Å². The molecule has 0 saturated heterocycles. The Morgan fingerprint density at radius 1 is 1.25 bits per heavy atom. The summed E-state index contributed by atoms with van der Waals surface area (Å²) in [5, 5.41) is 2.91. The van der Waals surface area contributed by atoms with Crippen LogP contribution in [0.2, 0.25) is 0 Å². The zero-order chi connectivity index (χ0) is 17.7. The van der Waals surface area contributed by atoms with Gasteiger partial charge in [0.25, 0.3) is 5.91 Å². The van der Waals surface area contributed by atoms with Crippen LogP contribution in [0.1, 0.15) is 44.0 Å². The fourth-order valence-electron chi connectivity index (χ4n) is 2.93. The van der Waals surface area contributed by atoms with Crippen molar-refractivity contribution >= 4 is 17.5 Å². The Morgan fingerprint density at radius 2 is 1.92 bits per heavy atom. The average molecular weight is 331 g/mol. The van der Waals surface area contributed by atoms with E-state index in [1.807, 2.05) is 33.0 Å². The molecule has 0 radical (unpaired) electrons. The molecule has 0 spiro atoms. The van der Waals surface area contributed by atoms with Crippen LogP contribution in [0.5, 0.6) is 0 Å². The summed E-state index contributed by atoms with van der Waals surface area (Å²) in [5.41, 5.74) is 1.28. The highest BCUT2D eigenvalue weighted by Crippen LogP contribution is 2.34. The number of amides is 2. The molecule has 1 aromatic carbocycles. The first-order chi connectivity index (χ1) is 11.5. The lowest BCUT2D eigenvalue weighted by atomic mass is 10.1. The number of nitrogens with one attached hydrogen (secondary N) is 1. The van der Waals surface area contributed by atoms with Crippen molar-refractivity contribution in [3.05, 3.63) is 29.8 Å². The fourth-order valence-corrected chi connectivity index (χ4v) is 2.93. The summed E-state index contributed by atoms with van der Waals surface area (Å²) >= 11 is 0. The molecule has 0 heterocycles. The Morgan fingerprint density at radius 3 is 2.50 bits per heavy atom. The van der Waals surface area contributed by atoms with Gasteiger partial charge in [0.1, 0.15) is 0 Å². The van der Waals surface area contributed by atoms with E-state index in [1.54, 1.807) is 17.0 Å². The van der Waals surface area contributed by atoms with Gasteiger partial charge in [-0.15, -0.1) is 0 Å². The lowest BCUT2D eigenvalue weighted by molar-refractivity contribution is -0.117. The zero-order valence-corrected chi connectivity index (χ0v) is 15.2. The van der Waals surface area contributed by atoms with Crippen LogP contribution < -0.4 is 5.32 Å². The van der Waals surface area contributed by atoms with Gasteiger partial charge in [0.05, 0.1) is 6.54 Å². The predicted molar refractivity (Wildman–Crippen MR) is 97.1 cm³/mol. The summed E-state index contributed by atoms with van der Waals surface area (Å²) in [6, 6.07) is 7.61. The first-order valence-electron chi connectivity index (χ1n) is 8.85. The Balaban J connectivity index is 1.95. The van der Waals surface area contributed by atoms with Gasteiger partial charge in [-0.25, -0.2) is 0 Å². The highest BCUT2D eigenvalue weighted by atomic mass is 16.2. The average Bonchev–Trinajstić information content (AvgIpc) is 3.40. The molecule has 0 bridgehead atoms. The monoisotopic (exact) mass is 331 g/mol. The van der Waals surface area contributed by atoms with Crippen LogP contribution in [0.3, 0.4) is 0 Å². The van der Waals surface area contributed by atoms with Crippen molar-refractivity contribution in [2.24, 2.45) is 5.92 Å². The molecule has 2 amide bonds. The lowest BCUT2D eigenvalue weighted by Gasteiger charge is -2.24. The highest BCUT2D eigenvalue weighted by molar-refractivity contribution is 5.97. The number of nitrogens with zero attached hydrogens (tertiary/aromatic N) is 2. The Labute approximate surface area is 145 Å². The van der Waals surface area contributed by atoms with Crippen molar-refractivity contribution in [1.29, 1.82) is 0 Å². The highest BCUT2D eigenvalue weighted by Gasteiger charge is 2.31. The number of hydrogen-bond acceptors (Lipinski definition) is 3. The zero-order valence-electron chi connectivity index (χ0n) is 15.2. The number of rotatable bonds is 8. The van der Waals surface area contributed by atoms with Crippen molar-refractivity contribution in [1.82, 2.24) is 9.80 Å². The molecule has 5 nitrogen and oxygen atoms in total. The Hall–Kier alpha value is -1.88. The van der Waals surface area contributed by atoms with Gasteiger partial charge in [0.2, 0.25) is 5.91 Å². The van der Waals surface area contributed by atoms with Gasteiger partial charge in [0.15, 0.2) is 0 Å². The first kappa shape index (κ1) is 18.5. The predicted octanol–water partition coefficient (Wildman–Crippen LogP) is 2.84. The van der Waals surface area contributed by atoms with Crippen LogP contribution in [0.15, 0.2) is 24.3 Å². The summed E-state index contributed by atoms with van der Waals surface area (Å²) in [7, 11) is 1.99. The molecule has 1 aliphatic carbocycles. The van der Waals surface area contributed by atoms with Crippen molar-refractivity contribution < 1.29 is 9.59 Å². The second kappa shape index (κ2) is 8.29. The summed E-state index contributed by atoms with van der Waals surface area (Å²) < 4.78 is 0. The number of carbonyl (C=O) groups is 2. The number of likely N-dealkylation sites (N-methyl/N-ethyl adjacent to an activating group) is 1. The van der Waals surface area contributed by atoms with Crippen molar-refractivity contribution in [3.8, 4) is 0 Å². The van der Waals surface area contributed by atoms with Gasteiger partial charge in [0, 0.05) is 30.4 Å². The van der Waals surface area contributed by atoms with E-state index < -0.39 is 0 Å². The molecule has 1 N–H and O–H groups in total. The molecule has 5 heteroatoms. The molecule has 1 saturated carbocycles. The molecule has 2 rings (SSSR count). The maximum atomic E-state index is 12.4. The third-order valence-electron chi connectivity index (χ3n) is 4.84. The Kier molecular flexibility index (Phi) is 6.37. The maximum Gasteiger partial charge on any atom is 0.253 e. The van der Waals surface area contributed by atoms with Crippen molar-refractivity contribution in [3.63, 3.8) is 0 Å². The van der Waals surface area contributed by atoms with Gasteiger partial charge in [-0.2, -0.15) is 0 Å². The number of carbonyl (C=O) groups excluding carboxylic acids is 2. The third kappa shape index (κ3) is 4.81. The number of benzene rings is 1. The molecule has 1 aromatic rings. The minimum Gasteiger partial charge on any atom is -0.339 e. The minimum absolute atomic E-state index is 0.00410. The van der Waals surface area contributed by atoms with Crippen LogP contribution >= 0.6 is 0 Å². The third-order valence-corrected chi connectivity index (χ3v) is 4.84. The van der Waals surface area contributed by atoms with Crippen LogP contribution in [-0.4, -0.2) is 54.3 Å². The lowest BCUT2D eigenvalue weighted by Crippen LogP contribution is -2.37. The van der Waals surface area contributed by atoms with Crippen molar-refractivity contribution in [2.45, 2.75) is 39.7 Å². The fraction of sp³-hybridized carbons (Fsp3) is 0.579. The van der Waals surface area contributed by atoms with Crippen LogP contribution in [-0.2, 0) is 4.79 Å². The molecule has 0 aliphatic heterocycles. The van der Waals surface area contributed by atoms with E-state index in [0.29, 0.717) is 36.9 Å². The number of hydrogen-bond donors (Lipinski definition) is 1. The molecule has 1 unspecified atom stereocenters. The molecule has 0 aromatic heterocycles. The van der Waals surface area contributed by atoms with E-state index >= 15 is 0 Å². The van der Waals surface area contributed by atoms with Gasteiger partial charge in [-0.05, 0) is 64.8 Å².